The van der Waals surface area contributed by atoms with Crippen LogP contribution in [0.5, 0.6) is 5.75 Å². The Morgan fingerprint density at radius 3 is 2.21 bits per heavy atom. The lowest BCUT2D eigenvalue weighted by atomic mass is 10.0. The highest BCUT2D eigenvalue weighted by Crippen LogP contribution is 2.34. The van der Waals surface area contributed by atoms with Crippen molar-refractivity contribution in [2.45, 2.75) is 69.5 Å². The summed E-state index contributed by atoms with van der Waals surface area (Å²) < 4.78 is 36.4. The quantitative estimate of drug-likeness (QED) is 0.160. The number of amides is 2. The number of anilines is 1. The summed E-state index contributed by atoms with van der Waals surface area (Å²) in [6, 6.07) is 28.0. The Morgan fingerprint density at radius 2 is 1.54 bits per heavy atom. The van der Waals surface area contributed by atoms with E-state index in [2.05, 4.69) is 21.2 Å². The van der Waals surface area contributed by atoms with Crippen LogP contribution in [-0.4, -0.2) is 50.9 Å². The maximum Gasteiger partial charge on any atom is 0.264 e. The van der Waals surface area contributed by atoms with E-state index < -0.39 is 28.5 Å². The van der Waals surface area contributed by atoms with Crippen LogP contribution in [0.15, 0.2) is 106 Å². The molecule has 0 saturated heterocycles. The van der Waals surface area contributed by atoms with Gasteiger partial charge < -0.3 is 15.0 Å². The molecule has 4 aromatic carbocycles. The van der Waals surface area contributed by atoms with E-state index in [9.17, 15) is 18.0 Å². The first-order valence-electron chi connectivity index (χ1n) is 16.2. The summed E-state index contributed by atoms with van der Waals surface area (Å²) >= 11 is 3.53. The van der Waals surface area contributed by atoms with Crippen LogP contribution in [0.3, 0.4) is 0 Å². The zero-order chi connectivity index (χ0) is 34.3. The molecule has 10 heteroatoms. The molecule has 252 valence electrons. The lowest BCUT2D eigenvalue weighted by Gasteiger charge is -2.34. The Labute approximate surface area is 292 Å². The second-order valence-electron chi connectivity index (χ2n) is 12.3. The Kier molecular flexibility index (Phi) is 11.6. The second-order valence-corrected chi connectivity index (χ2v) is 15.1. The van der Waals surface area contributed by atoms with E-state index in [-0.39, 0.29) is 35.5 Å². The van der Waals surface area contributed by atoms with Crippen LogP contribution < -0.4 is 14.4 Å². The Bertz CT molecular complexity index is 1830. The highest BCUT2D eigenvalue weighted by Gasteiger charge is 2.36. The molecule has 1 atom stereocenters. The van der Waals surface area contributed by atoms with Gasteiger partial charge in [0.15, 0.2) is 0 Å². The SMILES string of the molecule is COc1ccc(C)cc1N(CC(=O)N(Cc1cccc(Br)c1)[C@@H](Cc1ccccc1)C(=O)NC1CCCC1)S(=O)(=O)c1ccc(C)cc1. The van der Waals surface area contributed by atoms with E-state index in [0.717, 1.165) is 56.7 Å². The van der Waals surface area contributed by atoms with Crippen molar-refractivity contribution in [1.29, 1.82) is 0 Å². The van der Waals surface area contributed by atoms with Crippen molar-refractivity contribution in [1.82, 2.24) is 10.2 Å². The van der Waals surface area contributed by atoms with Crippen LogP contribution in [0.25, 0.3) is 0 Å². The fourth-order valence-corrected chi connectivity index (χ4v) is 7.96. The summed E-state index contributed by atoms with van der Waals surface area (Å²) in [6.45, 7) is 3.28. The Morgan fingerprint density at radius 1 is 0.875 bits per heavy atom. The maximum atomic E-state index is 14.8. The van der Waals surface area contributed by atoms with Gasteiger partial charge in [0.2, 0.25) is 11.8 Å². The van der Waals surface area contributed by atoms with E-state index >= 15 is 0 Å². The molecular formula is C38H42BrN3O5S. The molecule has 1 saturated carbocycles. The topological polar surface area (TPSA) is 96.0 Å². The summed E-state index contributed by atoms with van der Waals surface area (Å²) in [5.41, 5.74) is 3.63. The summed E-state index contributed by atoms with van der Waals surface area (Å²) in [5, 5.41) is 3.21. The van der Waals surface area contributed by atoms with E-state index in [1.807, 2.05) is 74.5 Å². The van der Waals surface area contributed by atoms with Crippen LogP contribution in [0.1, 0.15) is 47.9 Å². The van der Waals surface area contributed by atoms with Gasteiger partial charge in [0.1, 0.15) is 18.3 Å². The van der Waals surface area contributed by atoms with E-state index in [0.29, 0.717) is 5.75 Å². The molecular weight excluding hydrogens is 690 g/mol. The number of nitrogens with one attached hydrogen (secondary N) is 1. The molecule has 0 heterocycles. The Hall–Kier alpha value is -4.15. The number of ether oxygens (including phenoxy) is 1. The molecule has 5 rings (SSSR count). The van der Waals surface area contributed by atoms with Gasteiger partial charge in [-0.3, -0.25) is 13.9 Å². The number of carbonyl (C=O) groups excluding carboxylic acids is 2. The number of sulfonamides is 1. The smallest absolute Gasteiger partial charge is 0.264 e. The van der Waals surface area contributed by atoms with E-state index in [1.54, 1.807) is 24.3 Å². The second kappa shape index (κ2) is 15.8. The van der Waals surface area contributed by atoms with Crippen molar-refractivity contribution in [3.05, 3.63) is 124 Å². The minimum Gasteiger partial charge on any atom is -0.495 e. The number of carbonyl (C=O) groups is 2. The van der Waals surface area contributed by atoms with Gasteiger partial charge in [0, 0.05) is 23.5 Å². The number of halogens is 1. The average Bonchev–Trinajstić information content (AvgIpc) is 3.58. The number of hydrogen-bond acceptors (Lipinski definition) is 5. The zero-order valence-corrected chi connectivity index (χ0v) is 30.0. The molecule has 1 aliphatic carbocycles. The molecule has 4 aromatic rings. The zero-order valence-electron chi connectivity index (χ0n) is 27.6. The van der Waals surface area contributed by atoms with Crippen LogP contribution in [0.4, 0.5) is 5.69 Å². The van der Waals surface area contributed by atoms with Crippen molar-refractivity contribution in [2.75, 3.05) is 18.0 Å². The van der Waals surface area contributed by atoms with Gasteiger partial charge in [-0.05, 0) is 79.8 Å². The average molecular weight is 733 g/mol. The monoisotopic (exact) mass is 731 g/mol. The van der Waals surface area contributed by atoms with Gasteiger partial charge in [-0.15, -0.1) is 0 Å². The number of aryl methyl sites for hydroxylation is 2. The highest BCUT2D eigenvalue weighted by atomic mass is 79.9. The molecule has 8 nitrogen and oxygen atoms in total. The van der Waals surface area contributed by atoms with Crippen LogP contribution in [0, 0.1) is 13.8 Å². The van der Waals surface area contributed by atoms with Crippen LogP contribution in [0.2, 0.25) is 0 Å². The molecule has 1 fully saturated rings. The third-order valence-electron chi connectivity index (χ3n) is 8.71. The highest BCUT2D eigenvalue weighted by molar-refractivity contribution is 9.10. The van der Waals surface area contributed by atoms with E-state index in [4.69, 9.17) is 4.74 Å². The standard InChI is InChI=1S/C38H42BrN3O5S/c1-27-16-19-33(20-17-27)48(45,46)42(34-22-28(2)18-21-36(34)47-3)26-37(43)41(25-30-12-9-13-31(39)23-30)35(24-29-10-5-4-6-11-29)38(44)40-32-14-7-8-15-32/h4-6,9-13,16-23,32,35H,7-8,14-15,24-26H2,1-3H3,(H,40,44)/t35-/m0/s1. The first-order valence-corrected chi connectivity index (χ1v) is 18.4. The lowest BCUT2D eigenvalue weighted by Crippen LogP contribution is -2.54. The molecule has 2 amide bonds. The minimum absolute atomic E-state index is 0.0357. The molecule has 48 heavy (non-hydrogen) atoms. The summed E-state index contributed by atoms with van der Waals surface area (Å²) in [5.74, 6) is -0.464. The molecule has 0 unspecified atom stereocenters. The third-order valence-corrected chi connectivity index (χ3v) is 11.0. The predicted octanol–water partition coefficient (Wildman–Crippen LogP) is 6.97. The van der Waals surface area contributed by atoms with Gasteiger partial charge in [0.25, 0.3) is 10.0 Å². The number of methoxy groups -OCH3 is 1. The van der Waals surface area contributed by atoms with Crippen molar-refractivity contribution in [2.24, 2.45) is 0 Å². The van der Waals surface area contributed by atoms with Gasteiger partial charge in [-0.1, -0.05) is 95.0 Å². The third kappa shape index (κ3) is 8.65. The molecule has 0 spiro atoms. The summed E-state index contributed by atoms with van der Waals surface area (Å²) in [7, 11) is -2.79. The van der Waals surface area contributed by atoms with E-state index in [1.165, 1.54) is 24.1 Å². The number of nitrogens with zero attached hydrogens (tertiary/aromatic N) is 2. The van der Waals surface area contributed by atoms with Crippen molar-refractivity contribution in [3.63, 3.8) is 0 Å². The predicted molar refractivity (Wildman–Crippen MR) is 192 cm³/mol. The maximum absolute atomic E-state index is 14.8. The molecule has 0 aromatic heterocycles. The fourth-order valence-electron chi connectivity index (χ4n) is 6.10. The van der Waals surface area contributed by atoms with Crippen LogP contribution in [-0.2, 0) is 32.6 Å². The lowest BCUT2D eigenvalue weighted by molar-refractivity contribution is -0.140. The van der Waals surface area contributed by atoms with Gasteiger partial charge in [-0.2, -0.15) is 0 Å². The summed E-state index contributed by atoms with van der Waals surface area (Å²) in [4.78, 5) is 30.6. The molecule has 1 aliphatic rings. The first-order chi connectivity index (χ1) is 23.0. The molecule has 0 bridgehead atoms. The van der Waals surface area contributed by atoms with Crippen molar-refractivity contribution in [3.8, 4) is 5.75 Å². The minimum atomic E-state index is -4.25. The van der Waals surface area contributed by atoms with Gasteiger partial charge >= 0.3 is 0 Å². The fraction of sp³-hybridized carbons (Fsp3) is 0.316. The largest absolute Gasteiger partial charge is 0.495 e. The first kappa shape index (κ1) is 35.2. The Balaban J connectivity index is 1.60. The molecule has 1 N–H and O–H groups in total. The van der Waals surface area contributed by atoms with Gasteiger partial charge in [0.05, 0.1) is 17.7 Å². The normalized spacial score (nSPS) is 13.9. The van der Waals surface area contributed by atoms with Crippen molar-refractivity contribution >= 4 is 43.5 Å². The van der Waals surface area contributed by atoms with Crippen LogP contribution >= 0.6 is 15.9 Å². The molecule has 0 radical (unpaired) electrons. The molecule has 0 aliphatic heterocycles. The number of hydrogen-bond donors (Lipinski definition) is 1. The summed E-state index contributed by atoms with van der Waals surface area (Å²) in [6.07, 6.45) is 4.12. The number of benzene rings is 4. The number of rotatable bonds is 13. The van der Waals surface area contributed by atoms with Crippen molar-refractivity contribution < 1.29 is 22.7 Å². The van der Waals surface area contributed by atoms with Gasteiger partial charge in [-0.25, -0.2) is 8.42 Å².